The molecule has 0 fully saturated rings. The third-order valence-electron chi connectivity index (χ3n) is 1.87. The van der Waals surface area contributed by atoms with Gasteiger partial charge in [0.1, 0.15) is 6.17 Å². The summed E-state index contributed by atoms with van der Waals surface area (Å²) in [6, 6.07) is 0. The zero-order valence-electron chi connectivity index (χ0n) is 9.36. The smallest absolute Gasteiger partial charge is 0.117 e. The number of methoxy groups -OCH3 is 1. The summed E-state index contributed by atoms with van der Waals surface area (Å²) < 4.78 is 18.3. The molecule has 0 aliphatic heterocycles. The number of nitrogens with one attached hydrogen (secondary N) is 1. The van der Waals surface area contributed by atoms with E-state index in [9.17, 15) is 4.39 Å². The topological polar surface area (TPSA) is 21.3 Å². The Morgan fingerprint density at radius 3 is 2.31 bits per heavy atom. The Morgan fingerprint density at radius 2 is 1.92 bits per heavy atom. The van der Waals surface area contributed by atoms with Gasteiger partial charge in [0.25, 0.3) is 0 Å². The third-order valence-corrected chi connectivity index (χ3v) is 1.87. The predicted octanol–water partition coefficient (Wildman–Crippen LogP) is 2.00. The van der Waals surface area contributed by atoms with Crippen LogP contribution in [-0.2, 0) is 4.74 Å². The zero-order valence-corrected chi connectivity index (χ0v) is 9.36. The fraction of sp³-hybridized carbons (Fsp3) is 1.00. The number of alkyl halides is 1. The van der Waals surface area contributed by atoms with Gasteiger partial charge in [-0.1, -0.05) is 6.92 Å². The van der Waals surface area contributed by atoms with E-state index in [1.807, 2.05) is 27.7 Å². The normalized spacial score (nSPS) is 17.1. The van der Waals surface area contributed by atoms with Gasteiger partial charge in [0, 0.05) is 25.1 Å². The molecule has 13 heavy (non-hydrogen) atoms. The summed E-state index contributed by atoms with van der Waals surface area (Å²) in [5, 5.41) is 3.13. The average molecular weight is 191 g/mol. The molecule has 2 atom stereocenters. The highest BCUT2D eigenvalue weighted by molar-refractivity contribution is 4.75. The molecule has 0 aliphatic rings. The Balaban J connectivity index is 3.67. The number of hydrogen-bond acceptors (Lipinski definition) is 2. The molecule has 0 aromatic carbocycles. The minimum atomic E-state index is -0.834. The summed E-state index contributed by atoms with van der Waals surface area (Å²) >= 11 is 0. The first-order valence-corrected chi connectivity index (χ1v) is 4.75. The van der Waals surface area contributed by atoms with Crippen molar-refractivity contribution >= 4 is 0 Å². The molecule has 0 aromatic heterocycles. The van der Waals surface area contributed by atoms with Gasteiger partial charge in [-0.25, -0.2) is 4.39 Å². The fourth-order valence-corrected chi connectivity index (χ4v) is 0.972. The summed E-state index contributed by atoms with van der Waals surface area (Å²) in [5.41, 5.74) is -0.0167. The summed E-state index contributed by atoms with van der Waals surface area (Å²) in [4.78, 5) is 0. The molecule has 0 saturated heterocycles. The van der Waals surface area contributed by atoms with Gasteiger partial charge < -0.3 is 10.1 Å². The number of ether oxygens (including phenoxy) is 1. The maximum Gasteiger partial charge on any atom is 0.117 e. The van der Waals surface area contributed by atoms with E-state index < -0.39 is 6.17 Å². The molecule has 0 saturated carbocycles. The van der Waals surface area contributed by atoms with Gasteiger partial charge >= 0.3 is 0 Å². The van der Waals surface area contributed by atoms with E-state index in [0.717, 1.165) is 0 Å². The first kappa shape index (κ1) is 12.8. The zero-order chi connectivity index (χ0) is 10.5. The molecule has 80 valence electrons. The Hall–Kier alpha value is -0.150. The van der Waals surface area contributed by atoms with Crippen LogP contribution >= 0.6 is 0 Å². The maximum absolute atomic E-state index is 13.4. The summed E-state index contributed by atoms with van der Waals surface area (Å²) in [7, 11) is 1.60. The van der Waals surface area contributed by atoms with Gasteiger partial charge in [-0.05, 0) is 20.8 Å². The largest absolute Gasteiger partial charge is 0.384 e. The van der Waals surface area contributed by atoms with E-state index in [0.29, 0.717) is 13.2 Å². The van der Waals surface area contributed by atoms with Gasteiger partial charge in [0.05, 0.1) is 6.61 Å². The fourth-order valence-electron chi connectivity index (χ4n) is 0.972. The van der Waals surface area contributed by atoms with Crippen molar-refractivity contribution in [1.82, 2.24) is 5.32 Å². The van der Waals surface area contributed by atoms with Gasteiger partial charge in [-0.15, -0.1) is 0 Å². The van der Waals surface area contributed by atoms with Crippen molar-refractivity contribution in [1.29, 1.82) is 0 Å². The molecule has 0 aliphatic carbocycles. The second-order valence-electron chi connectivity index (χ2n) is 4.58. The van der Waals surface area contributed by atoms with E-state index in [1.54, 1.807) is 7.11 Å². The molecule has 0 spiro atoms. The van der Waals surface area contributed by atoms with Crippen molar-refractivity contribution in [3.63, 3.8) is 0 Å². The summed E-state index contributed by atoms with van der Waals surface area (Å²) in [6.07, 6.45) is -0.834. The van der Waals surface area contributed by atoms with Crippen LogP contribution < -0.4 is 5.32 Å². The lowest BCUT2D eigenvalue weighted by Gasteiger charge is -2.24. The van der Waals surface area contributed by atoms with Gasteiger partial charge in [-0.2, -0.15) is 0 Å². The van der Waals surface area contributed by atoms with Crippen LogP contribution in [0.25, 0.3) is 0 Å². The predicted molar refractivity (Wildman–Crippen MR) is 53.7 cm³/mol. The molecule has 0 aromatic rings. The first-order valence-electron chi connectivity index (χ1n) is 4.75. The van der Waals surface area contributed by atoms with Crippen LogP contribution in [0.4, 0.5) is 4.39 Å². The summed E-state index contributed by atoms with van der Waals surface area (Å²) in [6.45, 7) is 8.82. The maximum atomic E-state index is 13.4. The van der Waals surface area contributed by atoms with Crippen molar-refractivity contribution in [2.24, 2.45) is 5.92 Å². The molecule has 0 radical (unpaired) electrons. The molecular formula is C10H22FNO. The second kappa shape index (κ2) is 5.55. The highest BCUT2D eigenvalue weighted by Crippen LogP contribution is 2.08. The van der Waals surface area contributed by atoms with Crippen LogP contribution in [0.1, 0.15) is 27.7 Å². The molecular weight excluding hydrogens is 169 g/mol. The molecule has 0 heterocycles. The Kier molecular flexibility index (Phi) is 5.49. The number of halogens is 1. The Labute approximate surface area is 80.9 Å². The quantitative estimate of drug-likeness (QED) is 0.717. The molecule has 0 rings (SSSR count). The first-order chi connectivity index (χ1) is 5.87. The van der Waals surface area contributed by atoms with Crippen LogP contribution in [0.2, 0.25) is 0 Å². The van der Waals surface area contributed by atoms with Gasteiger partial charge in [0.2, 0.25) is 0 Å². The second-order valence-corrected chi connectivity index (χ2v) is 4.58. The Morgan fingerprint density at radius 1 is 1.38 bits per heavy atom. The molecule has 0 amide bonds. The van der Waals surface area contributed by atoms with Gasteiger partial charge in [-0.3, -0.25) is 0 Å². The molecule has 3 heteroatoms. The van der Waals surface area contributed by atoms with E-state index in [1.165, 1.54) is 0 Å². The van der Waals surface area contributed by atoms with E-state index in [2.05, 4.69) is 5.32 Å². The molecule has 1 N–H and O–H groups in total. The highest BCUT2D eigenvalue weighted by Gasteiger charge is 2.18. The van der Waals surface area contributed by atoms with E-state index in [4.69, 9.17) is 4.74 Å². The molecule has 2 nitrogen and oxygen atoms in total. The minimum Gasteiger partial charge on any atom is -0.384 e. The molecule has 2 unspecified atom stereocenters. The van der Waals surface area contributed by atoms with Crippen LogP contribution in [0.3, 0.4) is 0 Å². The molecule has 0 bridgehead atoms. The standard InChI is InChI=1S/C10H22FNO/c1-8(7-13-5)9(11)6-12-10(2,3)4/h8-9,12H,6-7H2,1-5H3. The van der Waals surface area contributed by atoms with Crippen LogP contribution in [0.5, 0.6) is 0 Å². The van der Waals surface area contributed by atoms with Crippen LogP contribution in [-0.4, -0.2) is 32.0 Å². The monoisotopic (exact) mass is 191 g/mol. The van der Waals surface area contributed by atoms with Crippen molar-refractivity contribution in [2.75, 3.05) is 20.3 Å². The minimum absolute atomic E-state index is 0.0167. The van der Waals surface area contributed by atoms with Gasteiger partial charge in [0.15, 0.2) is 0 Å². The van der Waals surface area contributed by atoms with E-state index >= 15 is 0 Å². The van der Waals surface area contributed by atoms with Crippen LogP contribution in [0.15, 0.2) is 0 Å². The highest BCUT2D eigenvalue weighted by atomic mass is 19.1. The van der Waals surface area contributed by atoms with Crippen molar-refractivity contribution < 1.29 is 9.13 Å². The average Bonchev–Trinajstić information content (AvgIpc) is 1.99. The van der Waals surface area contributed by atoms with Crippen molar-refractivity contribution in [3.05, 3.63) is 0 Å². The SMILES string of the molecule is COCC(C)C(F)CNC(C)(C)C. The number of rotatable bonds is 5. The Bertz CT molecular complexity index is 133. The lowest BCUT2D eigenvalue weighted by molar-refractivity contribution is 0.105. The third kappa shape index (κ3) is 6.96. The van der Waals surface area contributed by atoms with E-state index in [-0.39, 0.29) is 11.5 Å². The number of hydrogen-bond donors (Lipinski definition) is 1. The van der Waals surface area contributed by atoms with Crippen LogP contribution in [0, 0.1) is 5.92 Å². The summed E-state index contributed by atoms with van der Waals surface area (Å²) in [5.74, 6) is -0.0418. The lowest BCUT2D eigenvalue weighted by Crippen LogP contribution is -2.41. The van der Waals surface area contributed by atoms with Crippen molar-refractivity contribution in [2.45, 2.75) is 39.4 Å². The lowest BCUT2D eigenvalue weighted by atomic mass is 10.0. The van der Waals surface area contributed by atoms with Crippen molar-refractivity contribution in [3.8, 4) is 0 Å².